The number of hydrogen-bond acceptors (Lipinski definition) is 3. The number of rotatable bonds is 3. The van der Waals surface area contributed by atoms with Gasteiger partial charge in [-0.1, -0.05) is 25.1 Å². The van der Waals surface area contributed by atoms with E-state index in [0.717, 1.165) is 36.5 Å². The molecule has 3 rings (SSSR count). The highest BCUT2D eigenvalue weighted by molar-refractivity contribution is 5.90. The number of benzene rings is 1. The highest BCUT2D eigenvalue weighted by atomic mass is 16.5. The average Bonchev–Trinajstić information content (AvgIpc) is 3.18. The van der Waals surface area contributed by atoms with Crippen LogP contribution in [-0.2, 0) is 0 Å². The molecule has 0 radical (unpaired) electrons. The Labute approximate surface area is 143 Å². The summed E-state index contributed by atoms with van der Waals surface area (Å²) in [6.45, 7) is 9.00. The van der Waals surface area contributed by atoms with Crippen LogP contribution in [-0.4, -0.2) is 22.6 Å². The highest BCUT2D eigenvalue weighted by Gasteiger charge is 2.32. The van der Waals surface area contributed by atoms with Gasteiger partial charge in [0.05, 0.1) is 6.04 Å². The van der Waals surface area contributed by atoms with E-state index in [0.29, 0.717) is 5.92 Å². The van der Waals surface area contributed by atoms with Crippen molar-refractivity contribution in [3.05, 3.63) is 46.8 Å². The van der Waals surface area contributed by atoms with Crippen molar-refractivity contribution in [3.8, 4) is 0 Å². The Kier molecular flexibility index (Phi) is 4.60. The smallest absolute Gasteiger partial charge is 0.322 e. The maximum absolute atomic E-state index is 12.7. The van der Waals surface area contributed by atoms with Crippen LogP contribution in [0.1, 0.15) is 61.2 Å². The molecule has 5 nitrogen and oxygen atoms in total. The second kappa shape index (κ2) is 6.67. The number of nitrogens with one attached hydrogen (secondary N) is 1. The maximum atomic E-state index is 12.7. The minimum atomic E-state index is -0.0742. The van der Waals surface area contributed by atoms with Crippen molar-refractivity contribution < 1.29 is 9.32 Å². The summed E-state index contributed by atoms with van der Waals surface area (Å²) in [6, 6.07) is 7.88. The van der Waals surface area contributed by atoms with Crippen molar-refractivity contribution in [1.82, 2.24) is 10.1 Å². The van der Waals surface area contributed by atoms with Crippen molar-refractivity contribution in [3.63, 3.8) is 0 Å². The lowest BCUT2D eigenvalue weighted by atomic mass is 10.1. The number of likely N-dealkylation sites (tertiary alicyclic amines) is 1. The molecule has 0 spiro atoms. The molecule has 0 saturated carbocycles. The zero-order valence-corrected chi connectivity index (χ0v) is 14.8. The molecular weight excluding hydrogens is 302 g/mol. The number of carbonyl (C=O) groups excluding carboxylic acids is 1. The Bertz CT molecular complexity index is 736. The van der Waals surface area contributed by atoms with E-state index in [1.165, 1.54) is 11.1 Å². The van der Waals surface area contributed by atoms with Gasteiger partial charge in [0, 0.05) is 24.2 Å². The predicted octanol–water partition coefficient (Wildman–Crippen LogP) is 4.78. The summed E-state index contributed by atoms with van der Waals surface area (Å²) in [6.07, 6.45) is 1.90. The van der Waals surface area contributed by atoms with Gasteiger partial charge in [-0.25, -0.2) is 4.79 Å². The second-order valence-corrected chi connectivity index (χ2v) is 6.89. The van der Waals surface area contributed by atoms with E-state index in [4.69, 9.17) is 4.52 Å². The van der Waals surface area contributed by atoms with Gasteiger partial charge < -0.3 is 14.7 Å². The van der Waals surface area contributed by atoms with Crippen molar-refractivity contribution in [1.29, 1.82) is 0 Å². The van der Waals surface area contributed by atoms with Gasteiger partial charge in [0.1, 0.15) is 11.5 Å². The average molecular weight is 327 g/mol. The molecular formula is C19H25N3O2. The molecule has 24 heavy (non-hydrogen) atoms. The van der Waals surface area contributed by atoms with Crippen molar-refractivity contribution >= 4 is 11.7 Å². The first-order chi connectivity index (χ1) is 11.5. The van der Waals surface area contributed by atoms with E-state index in [-0.39, 0.29) is 12.1 Å². The van der Waals surface area contributed by atoms with E-state index in [1.54, 1.807) is 0 Å². The number of hydrogen-bond donors (Lipinski definition) is 1. The molecule has 2 heterocycles. The Hall–Kier alpha value is -2.30. The quantitative estimate of drug-likeness (QED) is 0.882. The first-order valence-corrected chi connectivity index (χ1v) is 8.57. The van der Waals surface area contributed by atoms with Crippen molar-refractivity contribution in [2.24, 2.45) is 0 Å². The van der Waals surface area contributed by atoms with Gasteiger partial charge >= 0.3 is 6.03 Å². The van der Waals surface area contributed by atoms with Crippen LogP contribution in [0, 0.1) is 13.8 Å². The molecule has 5 heteroatoms. The number of carbonyl (C=O) groups is 1. The first-order valence-electron chi connectivity index (χ1n) is 8.57. The number of nitrogens with zero attached hydrogens (tertiary/aromatic N) is 2. The molecule has 128 valence electrons. The fraction of sp³-hybridized carbons (Fsp3) is 0.474. The minimum Gasteiger partial charge on any atom is -0.361 e. The molecule has 0 aliphatic carbocycles. The van der Waals surface area contributed by atoms with Crippen LogP contribution in [0.2, 0.25) is 0 Å². The molecule has 1 N–H and O–H groups in total. The summed E-state index contributed by atoms with van der Waals surface area (Å²) in [4.78, 5) is 14.6. The van der Waals surface area contributed by atoms with Crippen LogP contribution >= 0.6 is 0 Å². The Morgan fingerprint density at radius 2 is 2.08 bits per heavy atom. The summed E-state index contributed by atoms with van der Waals surface area (Å²) < 4.78 is 5.41. The second-order valence-electron chi connectivity index (χ2n) is 6.89. The molecule has 1 aliphatic rings. The zero-order chi connectivity index (χ0) is 17.3. The molecule has 1 aromatic heterocycles. The molecule has 1 fully saturated rings. The van der Waals surface area contributed by atoms with Gasteiger partial charge in [-0.15, -0.1) is 0 Å². The molecule has 2 amide bonds. The molecule has 0 bridgehead atoms. The molecule has 1 atom stereocenters. The first kappa shape index (κ1) is 16.6. The largest absolute Gasteiger partial charge is 0.361 e. The lowest BCUT2D eigenvalue weighted by molar-refractivity contribution is 0.204. The number of aryl methyl sites for hydroxylation is 2. The van der Waals surface area contributed by atoms with E-state index in [2.05, 4.69) is 31.2 Å². The van der Waals surface area contributed by atoms with Crippen LogP contribution in [0.25, 0.3) is 0 Å². The summed E-state index contributed by atoms with van der Waals surface area (Å²) >= 11 is 0. The van der Waals surface area contributed by atoms with Gasteiger partial charge in [-0.05, 0) is 49.9 Å². The molecule has 1 saturated heterocycles. The number of urea groups is 1. The zero-order valence-electron chi connectivity index (χ0n) is 14.8. The van der Waals surface area contributed by atoms with Gasteiger partial charge in [0.15, 0.2) is 0 Å². The minimum absolute atomic E-state index is 0.00667. The maximum Gasteiger partial charge on any atom is 0.322 e. The number of aromatic nitrogens is 1. The van der Waals surface area contributed by atoms with Crippen LogP contribution in [0.4, 0.5) is 10.5 Å². The van der Waals surface area contributed by atoms with Crippen LogP contribution in [0.15, 0.2) is 28.8 Å². The fourth-order valence-corrected chi connectivity index (χ4v) is 3.06. The Morgan fingerprint density at radius 1 is 1.29 bits per heavy atom. The summed E-state index contributed by atoms with van der Waals surface area (Å²) in [7, 11) is 0. The SMILES string of the molecule is Cc1ccc(NC(=O)N2CCCC2c2cc(C(C)C)on2)cc1C. The van der Waals surface area contributed by atoms with E-state index in [9.17, 15) is 4.79 Å². The summed E-state index contributed by atoms with van der Waals surface area (Å²) in [5.41, 5.74) is 4.07. The van der Waals surface area contributed by atoms with Crippen molar-refractivity contribution in [2.75, 3.05) is 11.9 Å². The van der Waals surface area contributed by atoms with Gasteiger partial charge in [-0.3, -0.25) is 0 Å². The third kappa shape index (κ3) is 3.30. The highest BCUT2D eigenvalue weighted by Crippen LogP contribution is 2.33. The Morgan fingerprint density at radius 3 is 2.75 bits per heavy atom. The molecule has 1 aliphatic heterocycles. The summed E-state index contributed by atoms with van der Waals surface area (Å²) in [5.74, 6) is 1.16. The van der Waals surface area contributed by atoms with E-state index in [1.807, 2.05) is 36.1 Å². The predicted molar refractivity (Wildman–Crippen MR) is 94.2 cm³/mol. The number of anilines is 1. The fourth-order valence-electron chi connectivity index (χ4n) is 3.06. The lowest BCUT2D eigenvalue weighted by Gasteiger charge is -2.23. The monoisotopic (exact) mass is 327 g/mol. The van der Waals surface area contributed by atoms with Crippen LogP contribution in [0.3, 0.4) is 0 Å². The molecule has 1 aromatic carbocycles. The van der Waals surface area contributed by atoms with Gasteiger partial charge in [0.25, 0.3) is 0 Å². The van der Waals surface area contributed by atoms with Crippen molar-refractivity contribution in [2.45, 2.75) is 52.5 Å². The topological polar surface area (TPSA) is 58.4 Å². The number of amides is 2. The normalized spacial score (nSPS) is 17.5. The molecule has 2 aromatic rings. The van der Waals surface area contributed by atoms with Crippen LogP contribution < -0.4 is 5.32 Å². The van der Waals surface area contributed by atoms with E-state index >= 15 is 0 Å². The standard InChI is InChI=1S/C19H25N3O2/c1-12(2)18-11-16(21-24-18)17-6-5-9-22(17)19(23)20-15-8-7-13(3)14(4)10-15/h7-8,10-12,17H,5-6,9H2,1-4H3,(H,20,23). The van der Waals surface area contributed by atoms with E-state index < -0.39 is 0 Å². The Balaban J connectivity index is 1.74. The molecule has 1 unspecified atom stereocenters. The van der Waals surface area contributed by atoms with Gasteiger partial charge in [-0.2, -0.15) is 0 Å². The third-order valence-corrected chi connectivity index (χ3v) is 4.73. The summed E-state index contributed by atoms with van der Waals surface area (Å²) in [5, 5.41) is 7.20. The lowest BCUT2D eigenvalue weighted by Crippen LogP contribution is -2.34. The van der Waals surface area contributed by atoms with Gasteiger partial charge in [0.2, 0.25) is 0 Å². The third-order valence-electron chi connectivity index (χ3n) is 4.73. The van der Waals surface area contributed by atoms with Crippen LogP contribution in [0.5, 0.6) is 0 Å².